The molecule has 10 rings (SSSR count). The van der Waals surface area contributed by atoms with Crippen LogP contribution >= 0.6 is 11.6 Å². The van der Waals surface area contributed by atoms with Crippen molar-refractivity contribution in [1.82, 2.24) is 30.2 Å². The molecule has 0 bridgehead atoms. The Labute approximate surface area is 437 Å². The Hall–Kier alpha value is -6.28. The Kier molecular flexibility index (Phi) is 14.9. The second kappa shape index (κ2) is 21.4. The molecule has 5 aromatic rings. The Morgan fingerprint density at radius 3 is 2.29 bits per heavy atom. The molecule has 4 fully saturated rings. The molecule has 4 aromatic carbocycles. The lowest BCUT2D eigenvalue weighted by molar-refractivity contribution is -0.138. The number of carbonyl (C=O) groups excluding carboxylic acids is 4. The van der Waals surface area contributed by atoms with Gasteiger partial charge in [0.1, 0.15) is 22.9 Å². The van der Waals surface area contributed by atoms with E-state index in [0.717, 1.165) is 37.8 Å². The van der Waals surface area contributed by atoms with E-state index >= 15 is 17.6 Å². The van der Waals surface area contributed by atoms with Gasteiger partial charge in [0.05, 0.1) is 28.3 Å². The molecular formula is C55H62ClF4N9O6. The summed E-state index contributed by atoms with van der Waals surface area (Å²) in [5, 5.41) is 22.4. The van der Waals surface area contributed by atoms with Crippen LogP contribution < -0.4 is 31.3 Å². The summed E-state index contributed by atoms with van der Waals surface area (Å²) in [7, 11) is 1.56. The van der Waals surface area contributed by atoms with Gasteiger partial charge in [-0.15, -0.1) is 0 Å². The highest BCUT2D eigenvalue weighted by atomic mass is 35.5. The van der Waals surface area contributed by atoms with Crippen LogP contribution in [-0.4, -0.2) is 113 Å². The third-order valence-electron chi connectivity index (χ3n) is 16.5. The van der Waals surface area contributed by atoms with Crippen LogP contribution in [0.3, 0.4) is 0 Å². The molecule has 2 atom stereocenters. The molecule has 3 saturated heterocycles. The summed E-state index contributed by atoms with van der Waals surface area (Å²) in [4.78, 5) is 56.7. The molecule has 5 aliphatic rings. The highest BCUT2D eigenvalue weighted by Crippen LogP contribution is 2.56. The van der Waals surface area contributed by atoms with Crippen LogP contribution in [0.25, 0.3) is 22.0 Å². The van der Waals surface area contributed by atoms with Gasteiger partial charge < -0.3 is 36.0 Å². The van der Waals surface area contributed by atoms with Gasteiger partial charge >= 0.3 is 6.03 Å². The first-order chi connectivity index (χ1) is 36.1. The molecule has 0 spiro atoms. The number of likely N-dealkylation sites (tertiary alicyclic amines) is 2. The van der Waals surface area contributed by atoms with Gasteiger partial charge in [0.2, 0.25) is 17.7 Å². The van der Waals surface area contributed by atoms with Crippen molar-refractivity contribution in [1.29, 1.82) is 0 Å². The lowest BCUT2D eigenvalue weighted by atomic mass is 9.77. The van der Waals surface area contributed by atoms with Gasteiger partial charge in [-0.2, -0.15) is 5.10 Å². The minimum Gasteiger partial charge on any atom is -0.480 e. The number of nitrogens with two attached hydrogens (primary N) is 1. The zero-order valence-corrected chi connectivity index (χ0v) is 42.8. The molecule has 4 aliphatic heterocycles. The first kappa shape index (κ1) is 52.2. The summed E-state index contributed by atoms with van der Waals surface area (Å²) in [6.07, 6.45) is 5.86. The second-order valence-corrected chi connectivity index (χ2v) is 21.2. The van der Waals surface area contributed by atoms with E-state index in [2.05, 4.69) is 25.9 Å². The number of nitrogens with one attached hydrogen (secondary N) is 3. The van der Waals surface area contributed by atoms with E-state index in [1.165, 1.54) is 33.8 Å². The van der Waals surface area contributed by atoms with E-state index in [9.17, 15) is 24.3 Å². The monoisotopic (exact) mass is 1060 g/mol. The minimum absolute atomic E-state index is 0.0205. The number of rotatable bonds is 14. The number of benzene rings is 4. The number of aryl methyl sites for hydroxylation is 1. The third kappa shape index (κ3) is 9.80. The maximum absolute atomic E-state index is 16.5. The average molecular weight is 1060 g/mol. The number of amides is 5. The quantitative estimate of drug-likeness (QED) is 0.0682. The number of fused-ring (bicyclic) bond motifs is 2. The fourth-order valence-electron chi connectivity index (χ4n) is 12.5. The highest BCUT2D eigenvalue weighted by Gasteiger charge is 2.50. The average Bonchev–Trinajstić information content (AvgIpc) is 3.88. The Bertz CT molecular complexity index is 3030. The maximum atomic E-state index is 16.5. The fraction of sp³-hybridized carbons (Fsp3) is 0.473. The van der Waals surface area contributed by atoms with Crippen LogP contribution in [0.4, 0.5) is 33.9 Å². The van der Waals surface area contributed by atoms with Crippen molar-refractivity contribution in [3.05, 3.63) is 105 Å². The molecule has 20 heteroatoms. The summed E-state index contributed by atoms with van der Waals surface area (Å²) in [6.45, 7) is 5.56. The van der Waals surface area contributed by atoms with E-state index in [1.54, 1.807) is 7.05 Å². The molecule has 75 heavy (non-hydrogen) atoms. The van der Waals surface area contributed by atoms with Crippen molar-refractivity contribution in [3.8, 4) is 16.9 Å². The van der Waals surface area contributed by atoms with Crippen molar-refractivity contribution in [3.63, 3.8) is 0 Å². The first-order valence-electron chi connectivity index (χ1n) is 26.0. The lowest BCUT2D eigenvalue weighted by Crippen LogP contribution is -2.49. The van der Waals surface area contributed by atoms with Crippen LogP contribution in [0.5, 0.6) is 5.75 Å². The molecule has 0 radical (unpaired) electrons. The lowest BCUT2D eigenvalue weighted by Gasteiger charge is -2.40. The Balaban J connectivity index is 0.739. The summed E-state index contributed by atoms with van der Waals surface area (Å²) in [5.74, 6) is -4.58. The number of piperidine rings is 2. The molecule has 15 nitrogen and oxygen atoms in total. The van der Waals surface area contributed by atoms with Gasteiger partial charge in [-0.1, -0.05) is 48.9 Å². The van der Waals surface area contributed by atoms with Crippen LogP contribution in [0.15, 0.2) is 54.6 Å². The summed E-state index contributed by atoms with van der Waals surface area (Å²) in [6, 6.07) is 14.0. The molecule has 6 N–H and O–H groups in total. The summed E-state index contributed by atoms with van der Waals surface area (Å²) in [5.41, 5.74) is 5.52. The molecule has 398 valence electrons. The Morgan fingerprint density at radius 2 is 1.61 bits per heavy atom. The van der Waals surface area contributed by atoms with E-state index < -0.39 is 52.6 Å². The molecule has 1 aromatic heterocycles. The SMILES string of the molecule is C[C@H]1c2c(cc(F)c(Cl)c2-c2c(C(N)=O)ccc(NCCO)c2F)O[C@]1(CNC1CCC(C(=O)N2CCC(CN3CCC(c4c(F)cc5c(N6CCC(=O)NC6=O)nn(C)c5c4F)CC3)CC2)CC1)c1ccccc1. The highest BCUT2D eigenvalue weighted by molar-refractivity contribution is 6.34. The van der Waals surface area contributed by atoms with E-state index in [-0.39, 0.29) is 112 Å². The van der Waals surface area contributed by atoms with Crippen molar-refractivity contribution in [2.24, 2.45) is 24.6 Å². The van der Waals surface area contributed by atoms with E-state index in [1.807, 2.05) is 42.2 Å². The van der Waals surface area contributed by atoms with Gasteiger partial charge in [-0.3, -0.25) is 29.3 Å². The standard InChI is InChI=1S/C55H62ClF4N9O6/c1-30-43-41(27-39(58)47(56)46(43)45-36(51(61)72)12-13-40(48(45)59)62-19-25-70)75-55(30,34-6-4-3-5-7-34)29-63-35-10-8-33(9-11-35)53(73)68-22-14-31(15-23-68)28-67-20-16-32(17-21-67)44-38(57)26-37-50(49(44)60)66(2)65-52(37)69-24-18-42(71)64-54(69)74/h3-7,12-13,26-27,30-33,35,62-63,70H,8-11,14-25,28-29H2,1-2H3,(H2,61,72)(H,64,71,74)/t30-,33?,35?,55-/m0/s1. The fourth-order valence-corrected chi connectivity index (χ4v) is 12.7. The number of urea groups is 1. The zero-order valence-electron chi connectivity index (χ0n) is 42.0. The number of anilines is 2. The predicted molar refractivity (Wildman–Crippen MR) is 276 cm³/mol. The number of carbonyl (C=O) groups is 4. The normalized spacial score (nSPS) is 22.9. The van der Waals surface area contributed by atoms with E-state index in [0.29, 0.717) is 63.3 Å². The number of nitrogens with zero attached hydrogens (tertiary/aromatic N) is 5. The number of hydrogen-bond acceptors (Lipinski definition) is 10. The largest absolute Gasteiger partial charge is 0.480 e. The van der Waals surface area contributed by atoms with Crippen LogP contribution in [0.1, 0.15) is 104 Å². The molecule has 0 unspecified atom stereocenters. The zero-order chi connectivity index (χ0) is 52.9. The number of hydrogen-bond donors (Lipinski definition) is 5. The molecule has 5 amide bonds. The molecule has 5 heterocycles. The van der Waals surface area contributed by atoms with Gasteiger partial charge in [0.25, 0.3) is 0 Å². The molecule has 1 saturated carbocycles. The number of aliphatic hydroxyl groups is 1. The van der Waals surface area contributed by atoms with Crippen molar-refractivity contribution < 1.29 is 46.6 Å². The smallest absolute Gasteiger partial charge is 0.329 e. The predicted octanol–water partition coefficient (Wildman–Crippen LogP) is 8.06. The molecular weight excluding hydrogens is 994 g/mol. The van der Waals surface area contributed by atoms with Gasteiger partial charge in [0, 0.05) is 98.9 Å². The van der Waals surface area contributed by atoms with Crippen LogP contribution in [-0.2, 0) is 22.2 Å². The summed E-state index contributed by atoms with van der Waals surface area (Å²) >= 11 is 6.74. The van der Waals surface area contributed by atoms with Crippen LogP contribution in [0.2, 0.25) is 5.02 Å². The number of halogens is 5. The van der Waals surface area contributed by atoms with Gasteiger partial charge in [0.15, 0.2) is 23.1 Å². The Morgan fingerprint density at radius 1 is 0.893 bits per heavy atom. The summed E-state index contributed by atoms with van der Waals surface area (Å²) < 4.78 is 72.7. The topological polar surface area (TPSA) is 187 Å². The number of ether oxygens (including phenoxy) is 1. The number of aliphatic hydroxyl groups excluding tert-OH is 1. The van der Waals surface area contributed by atoms with Crippen molar-refractivity contribution in [2.75, 3.05) is 69.2 Å². The third-order valence-corrected chi connectivity index (χ3v) is 16.9. The number of imide groups is 1. The number of primary amides is 1. The van der Waals surface area contributed by atoms with Gasteiger partial charge in [-0.25, -0.2) is 22.4 Å². The van der Waals surface area contributed by atoms with E-state index in [4.69, 9.17) is 22.1 Å². The first-order valence-corrected chi connectivity index (χ1v) is 26.4. The van der Waals surface area contributed by atoms with Crippen molar-refractivity contribution >= 4 is 57.8 Å². The molecule has 1 aliphatic carbocycles. The maximum Gasteiger partial charge on any atom is 0.329 e. The second-order valence-electron chi connectivity index (χ2n) is 20.9. The number of aromatic nitrogens is 2. The minimum atomic E-state index is -1.12. The van der Waals surface area contributed by atoms with Crippen LogP contribution in [0, 0.1) is 35.1 Å². The van der Waals surface area contributed by atoms with Crippen molar-refractivity contribution in [2.45, 2.75) is 88.2 Å². The van der Waals surface area contributed by atoms with Gasteiger partial charge in [-0.05, 0) is 100 Å².